The Bertz CT molecular complexity index is 2430. The van der Waals surface area contributed by atoms with Gasteiger partial charge in [0.1, 0.15) is 11.2 Å². The van der Waals surface area contributed by atoms with Crippen molar-refractivity contribution >= 4 is 60.3 Å². The van der Waals surface area contributed by atoms with Crippen LogP contribution < -0.4 is 0 Å². The van der Waals surface area contributed by atoms with Gasteiger partial charge in [-0.25, -0.2) is 15.0 Å². The van der Waals surface area contributed by atoms with Crippen LogP contribution in [0.5, 0.6) is 0 Å². The van der Waals surface area contributed by atoms with Gasteiger partial charge >= 0.3 is 0 Å². The number of pyridine rings is 1. The van der Waals surface area contributed by atoms with E-state index in [0.29, 0.717) is 5.95 Å². The molecule has 5 heteroatoms. The number of hydrogen-bond donors (Lipinski definition) is 0. The number of benzene rings is 5. The van der Waals surface area contributed by atoms with Gasteiger partial charge in [-0.15, -0.1) is 0 Å². The lowest BCUT2D eigenvalue weighted by Gasteiger charge is -2.13. The summed E-state index contributed by atoms with van der Waals surface area (Å²) in [6.07, 6.45) is 0. The first-order valence-corrected chi connectivity index (χ1v) is 13.4. The molecule has 0 bridgehead atoms. The largest absolute Gasteiger partial charge is 0.277 e. The number of imidazole rings is 1. The molecule has 186 valence electrons. The van der Waals surface area contributed by atoms with E-state index >= 15 is 0 Å². The molecule has 0 saturated heterocycles. The minimum Gasteiger partial charge on any atom is -0.277 e. The molecule has 0 N–H and O–H groups in total. The summed E-state index contributed by atoms with van der Waals surface area (Å²) in [5, 5.41) is 5.61. The van der Waals surface area contributed by atoms with E-state index in [0.717, 1.165) is 60.8 Å². The van der Waals surface area contributed by atoms with Crippen LogP contribution in [-0.2, 0) is 0 Å². The Morgan fingerprint density at radius 2 is 1.07 bits per heavy atom. The molecule has 40 heavy (non-hydrogen) atoms. The van der Waals surface area contributed by atoms with Gasteiger partial charge in [0.2, 0.25) is 5.95 Å². The van der Waals surface area contributed by atoms with Gasteiger partial charge in [0.05, 0.1) is 22.2 Å². The lowest BCUT2D eigenvalue weighted by atomic mass is 10.1. The third-order valence-electron chi connectivity index (χ3n) is 7.91. The number of aromatic nitrogens is 5. The lowest BCUT2D eigenvalue weighted by Crippen LogP contribution is -2.05. The maximum absolute atomic E-state index is 5.30. The predicted octanol–water partition coefficient (Wildman–Crippen LogP) is 8.35. The van der Waals surface area contributed by atoms with Crippen molar-refractivity contribution in [2.45, 2.75) is 0 Å². The van der Waals surface area contributed by atoms with Crippen LogP contribution in [0.25, 0.3) is 77.5 Å². The van der Waals surface area contributed by atoms with Gasteiger partial charge in [-0.3, -0.25) is 8.97 Å². The van der Waals surface area contributed by atoms with Gasteiger partial charge in [0.25, 0.3) is 0 Å². The second-order valence-corrected chi connectivity index (χ2v) is 10.1. The van der Waals surface area contributed by atoms with Gasteiger partial charge in [0, 0.05) is 27.1 Å². The fourth-order valence-corrected chi connectivity index (χ4v) is 6.18. The molecule has 0 aliphatic carbocycles. The molecule has 9 aromatic rings. The van der Waals surface area contributed by atoms with Gasteiger partial charge in [-0.1, -0.05) is 109 Å². The molecule has 5 nitrogen and oxygen atoms in total. The normalized spacial score (nSPS) is 12.0. The van der Waals surface area contributed by atoms with Crippen molar-refractivity contribution in [1.82, 2.24) is 23.9 Å². The van der Waals surface area contributed by atoms with Crippen molar-refractivity contribution in [1.29, 1.82) is 0 Å². The minimum absolute atomic E-state index is 0.628. The summed E-state index contributed by atoms with van der Waals surface area (Å²) in [5.41, 5.74) is 7.85. The second-order valence-electron chi connectivity index (χ2n) is 10.1. The smallest absolute Gasteiger partial charge is 0.237 e. The zero-order valence-electron chi connectivity index (χ0n) is 21.4. The lowest BCUT2D eigenvalue weighted by molar-refractivity contribution is 0.993. The predicted molar refractivity (Wildman–Crippen MR) is 163 cm³/mol. The fraction of sp³-hybridized carbons (Fsp3) is 0. The van der Waals surface area contributed by atoms with Gasteiger partial charge < -0.3 is 0 Å². The van der Waals surface area contributed by atoms with Crippen molar-refractivity contribution < 1.29 is 0 Å². The topological polar surface area (TPSA) is 48.0 Å². The monoisotopic (exact) mass is 511 g/mol. The zero-order chi connectivity index (χ0) is 26.2. The van der Waals surface area contributed by atoms with Gasteiger partial charge in [0.15, 0.2) is 5.65 Å². The van der Waals surface area contributed by atoms with Crippen molar-refractivity contribution in [2.24, 2.45) is 0 Å². The number of rotatable bonds is 2. The van der Waals surface area contributed by atoms with E-state index < -0.39 is 0 Å². The van der Waals surface area contributed by atoms with Crippen LogP contribution in [-0.4, -0.2) is 23.9 Å². The summed E-state index contributed by atoms with van der Waals surface area (Å²) < 4.78 is 4.47. The standard InChI is InChI=1S/C35H21N5/c1-2-12-22(13-3-1)31-26-17-6-9-19-28(26)36-35(38-31)40-30-21-11-8-18-27(30)32-34(40)39-29-20-10-7-15-24(29)23-14-4-5-16-25(23)33(39)37-32/h1-21H. The Kier molecular flexibility index (Phi) is 4.27. The Balaban J connectivity index is 1.52. The summed E-state index contributed by atoms with van der Waals surface area (Å²) in [6, 6.07) is 44.1. The molecular formula is C35H21N5. The maximum atomic E-state index is 5.30. The summed E-state index contributed by atoms with van der Waals surface area (Å²) in [7, 11) is 0. The molecule has 5 aromatic carbocycles. The van der Waals surface area contributed by atoms with Crippen LogP contribution in [0, 0.1) is 0 Å². The van der Waals surface area contributed by atoms with E-state index in [9.17, 15) is 0 Å². The second kappa shape index (κ2) is 7.98. The van der Waals surface area contributed by atoms with Crippen LogP contribution in [0.2, 0.25) is 0 Å². The van der Waals surface area contributed by atoms with Crippen molar-refractivity contribution in [3.8, 4) is 17.2 Å². The van der Waals surface area contributed by atoms with Crippen LogP contribution >= 0.6 is 0 Å². The molecular weight excluding hydrogens is 490 g/mol. The van der Waals surface area contributed by atoms with E-state index in [1.54, 1.807) is 0 Å². The Morgan fingerprint density at radius 3 is 1.90 bits per heavy atom. The highest BCUT2D eigenvalue weighted by atomic mass is 15.2. The SMILES string of the molecule is c1ccc(-c2nc(-n3c4ccccc4c4nc5c6ccccc6c6ccccc6n5c43)nc3ccccc23)cc1. The van der Waals surface area contributed by atoms with E-state index in [2.05, 4.69) is 118 Å². The Morgan fingerprint density at radius 1 is 0.450 bits per heavy atom. The molecule has 0 unspecified atom stereocenters. The van der Waals surface area contributed by atoms with Crippen LogP contribution in [0.15, 0.2) is 127 Å². The first-order chi connectivity index (χ1) is 19.9. The van der Waals surface area contributed by atoms with E-state index in [1.807, 2.05) is 18.2 Å². The van der Waals surface area contributed by atoms with Crippen molar-refractivity contribution in [3.63, 3.8) is 0 Å². The molecule has 0 spiro atoms. The molecule has 0 amide bonds. The van der Waals surface area contributed by atoms with Crippen LogP contribution in [0.4, 0.5) is 0 Å². The number of hydrogen-bond acceptors (Lipinski definition) is 3. The van der Waals surface area contributed by atoms with Gasteiger partial charge in [-0.05, 0) is 23.6 Å². The summed E-state index contributed by atoms with van der Waals surface area (Å²) in [6.45, 7) is 0. The van der Waals surface area contributed by atoms with Crippen molar-refractivity contribution in [2.75, 3.05) is 0 Å². The van der Waals surface area contributed by atoms with E-state index in [1.165, 1.54) is 10.8 Å². The van der Waals surface area contributed by atoms with Crippen LogP contribution in [0.1, 0.15) is 0 Å². The first-order valence-electron chi connectivity index (χ1n) is 13.4. The fourth-order valence-electron chi connectivity index (χ4n) is 6.18. The summed E-state index contributed by atoms with van der Waals surface area (Å²) in [5.74, 6) is 0.628. The number of para-hydroxylation sites is 3. The highest BCUT2D eigenvalue weighted by molar-refractivity contribution is 6.16. The molecule has 0 aliphatic rings. The minimum atomic E-state index is 0.628. The zero-order valence-corrected chi connectivity index (χ0v) is 21.4. The molecule has 0 atom stereocenters. The number of nitrogens with zero attached hydrogens (tertiary/aromatic N) is 5. The summed E-state index contributed by atoms with van der Waals surface area (Å²) >= 11 is 0. The Labute approximate surface area is 228 Å². The quantitative estimate of drug-likeness (QED) is 0.219. The molecule has 4 heterocycles. The maximum Gasteiger partial charge on any atom is 0.237 e. The van der Waals surface area contributed by atoms with Gasteiger partial charge in [-0.2, -0.15) is 0 Å². The molecule has 0 radical (unpaired) electrons. The third kappa shape index (κ3) is 2.83. The Hall–Kier alpha value is -5.55. The third-order valence-corrected chi connectivity index (χ3v) is 7.91. The first kappa shape index (κ1) is 21.4. The highest BCUT2D eigenvalue weighted by Crippen LogP contribution is 2.38. The molecule has 0 fully saturated rings. The van der Waals surface area contributed by atoms with E-state index in [-0.39, 0.29) is 0 Å². The number of fused-ring (bicyclic) bond motifs is 11. The molecule has 4 aromatic heterocycles. The van der Waals surface area contributed by atoms with Crippen molar-refractivity contribution in [3.05, 3.63) is 127 Å². The average molecular weight is 512 g/mol. The van der Waals surface area contributed by atoms with Crippen LogP contribution in [0.3, 0.4) is 0 Å². The average Bonchev–Trinajstić information content (AvgIpc) is 3.56. The summed E-state index contributed by atoms with van der Waals surface area (Å²) in [4.78, 5) is 15.7. The molecule has 9 rings (SSSR count). The molecule has 0 aliphatic heterocycles. The van der Waals surface area contributed by atoms with E-state index in [4.69, 9.17) is 15.0 Å². The molecule has 0 saturated carbocycles. The highest BCUT2D eigenvalue weighted by Gasteiger charge is 2.23.